The van der Waals surface area contributed by atoms with Crippen LogP contribution in [0.25, 0.3) is 0 Å². The van der Waals surface area contributed by atoms with Gasteiger partial charge in [0.25, 0.3) is 0 Å². The fraction of sp³-hybridized carbons (Fsp3) is 0.600. The number of rotatable bonds is 6. The zero-order chi connectivity index (χ0) is 12.1. The molecule has 0 aliphatic heterocycles. The Morgan fingerprint density at radius 2 is 1.94 bits per heavy atom. The van der Waals surface area contributed by atoms with Gasteiger partial charge in [0.2, 0.25) is 0 Å². The van der Waals surface area contributed by atoms with Gasteiger partial charge in [-0.2, -0.15) is 0 Å². The molecule has 0 saturated heterocycles. The minimum atomic E-state index is 0.655. The molecule has 2 rings (SSSR count). The molecular weight excluding hydrogens is 208 g/mol. The minimum absolute atomic E-state index is 0.655. The molecule has 0 atom stereocenters. The van der Waals surface area contributed by atoms with Crippen molar-refractivity contribution < 1.29 is 0 Å². The van der Waals surface area contributed by atoms with E-state index in [1.165, 1.54) is 36.9 Å². The summed E-state index contributed by atoms with van der Waals surface area (Å²) in [6, 6.07) is 8.53. The van der Waals surface area contributed by atoms with Crippen LogP contribution in [0.2, 0.25) is 0 Å². The fourth-order valence-corrected chi connectivity index (χ4v) is 2.52. The number of benzene rings is 1. The Morgan fingerprint density at radius 1 is 1.24 bits per heavy atom. The van der Waals surface area contributed by atoms with Gasteiger partial charge in [-0.25, -0.2) is 0 Å². The van der Waals surface area contributed by atoms with Crippen LogP contribution in [0, 0.1) is 5.92 Å². The Hall–Kier alpha value is -0.860. The molecule has 2 N–H and O–H groups in total. The summed E-state index contributed by atoms with van der Waals surface area (Å²) in [6.07, 6.45) is 5.43. The van der Waals surface area contributed by atoms with E-state index in [0.29, 0.717) is 6.54 Å². The van der Waals surface area contributed by atoms with E-state index in [0.717, 1.165) is 18.9 Å². The van der Waals surface area contributed by atoms with Crippen LogP contribution in [-0.4, -0.2) is 25.0 Å². The lowest BCUT2D eigenvalue weighted by atomic mass is 9.85. The van der Waals surface area contributed by atoms with Crippen molar-refractivity contribution in [2.75, 3.05) is 20.1 Å². The van der Waals surface area contributed by atoms with Crippen LogP contribution < -0.4 is 5.73 Å². The lowest BCUT2D eigenvalue weighted by Gasteiger charge is -2.30. The number of hydrogen-bond acceptors (Lipinski definition) is 2. The highest BCUT2D eigenvalue weighted by atomic mass is 15.1. The summed E-state index contributed by atoms with van der Waals surface area (Å²) in [5, 5.41) is 0. The van der Waals surface area contributed by atoms with Crippen LogP contribution in [0.5, 0.6) is 0 Å². The highest BCUT2D eigenvalue weighted by Gasteiger charge is 2.18. The fourth-order valence-electron chi connectivity index (χ4n) is 2.52. The summed E-state index contributed by atoms with van der Waals surface area (Å²) in [5.41, 5.74) is 8.46. The molecule has 94 valence electrons. The van der Waals surface area contributed by atoms with Crippen molar-refractivity contribution in [3.8, 4) is 0 Å². The molecule has 2 nitrogen and oxygen atoms in total. The Bertz CT molecular complexity index is 345. The van der Waals surface area contributed by atoms with E-state index in [1.807, 2.05) is 0 Å². The molecule has 2 heteroatoms. The SMILES string of the molecule is CN(CCc1ccccc1CN)CC1CCC1. The summed E-state index contributed by atoms with van der Waals surface area (Å²) < 4.78 is 0. The smallest absolute Gasteiger partial charge is 0.0180 e. The lowest BCUT2D eigenvalue weighted by Crippen LogP contribution is -2.31. The van der Waals surface area contributed by atoms with Crippen LogP contribution in [0.15, 0.2) is 24.3 Å². The second-order valence-electron chi connectivity index (χ2n) is 5.28. The van der Waals surface area contributed by atoms with Crippen molar-refractivity contribution in [3.63, 3.8) is 0 Å². The average Bonchev–Trinajstić information content (AvgIpc) is 2.31. The summed E-state index contributed by atoms with van der Waals surface area (Å²) in [5.74, 6) is 0.963. The maximum Gasteiger partial charge on any atom is 0.0180 e. The van der Waals surface area contributed by atoms with E-state index in [4.69, 9.17) is 5.73 Å². The molecule has 1 aromatic carbocycles. The molecule has 1 aliphatic rings. The molecule has 0 radical (unpaired) electrons. The number of nitrogens with zero attached hydrogens (tertiary/aromatic N) is 1. The number of likely N-dealkylation sites (N-methyl/N-ethyl adjacent to an activating group) is 1. The third-order valence-electron chi connectivity index (χ3n) is 3.90. The van der Waals surface area contributed by atoms with Gasteiger partial charge in [-0.3, -0.25) is 0 Å². The van der Waals surface area contributed by atoms with Gasteiger partial charge in [0.15, 0.2) is 0 Å². The van der Waals surface area contributed by atoms with Gasteiger partial charge in [-0.05, 0) is 43.4 Å². The molecule has 0 spiro atoms. The standard InChI is InChI=1S/C15H24N2/c1-17(12-13-5-4-6-13)10-9-14-7-2-3-8-15(14)11-16/h2-3,7-8,13H,4-6,9-12,16H2,1H3. The largest absolute Gasteiger partial charge is 0.326 e. The van der Waals surface area contributed by atoms with Gasteiger partial charge in [0.05, 0.1) is 0 Å². The van der Waals surface area contributed by atoms with E-state index in [9.17, 15) is 0 Å². The molecule has 0 heterocycles. The molecule has 0 bridgehead atoms. The van der Waals surface area contributed by atoms with Crippen molar-refractivity contribution in [2.45, 2.75) is 32.2 Å². The summed E-state index contributed by atoms with van der Waals surface area (Å²) in [7, 11) is 2.24. The Labute approximate surface area is 105 Å². The molecule has 0 amide bonds. The molecule has 0 aromatic heterocycles. The zero-order valence-corrected chi connectivity index (χ0v) is 10.9. The van der Waals surface area contributed by atoms with Crippen molar-refractivity contribution in [1.29, 1.82) is 0 Å². The van der Waals surface area contributed by atoms with Gasteiger partial charge in [-0.1, -0.05) is 30.7 Å². The first-order chi connectivity index (χ1) is 8.29. The van der Waals surface area contributed by atoms with Crippen molar-refractivity contribution in [3.05, 3.63) is 35.4 Å². The lowest BCUT2D eigenvalue weighted by molar-refractivity contribution is 0.207. The quantitative estimate of drug-likeness (QED) is 0.816. The molecule has 1 saturated carbocycles. The number of hydrogen-bond donors (Lipinski definition) is 1. The third-order valence-corrected chi connectivity index (χ3v) is 3.90. The maximum atomic E-state index is 5.75. The van der Waals surface area contributed by atoms with Gasteiger partial charge >= 0.3 is 0 Å². The summed E-state index contributed by atoms with van der Waals surface area (Å²) in [6.45, 7) is 3.07. The average molecular weight is 232 g/mol. The van der Waals surface area contributed by atoms with Gasteiger partial charge in [-0.15, -0.1) is 0 Å². The third kappa shape index (κ3) is 3.55. The van der Waals surface area contributed by atoms with E-state index in [2.05, 4.69) is 36.2 Å². The highest BCUT2D eigenvalue weighted by Crippen LogP contribution is 2.26. The van der Waals surface area contributed by atoms with E-state index in [1.54, 1.807) is 0 Å². The van der Waals surface area contributed by atoms with Crippen molar-refractivity contribution in [2.24, 2.45) is 11.7 Å². The first-order valence-electron chi connectivity index (χ1n) is 6.75. The van der Waals surface area contributed by atoms with Crippen LogP contribution >= 0.6 is 0 Å². The van der Waals surface area contributed by atoms with Crippen molar-refractivity contribution >= 4 is 0 Å². The second kappa shape index (κ2) is 6.18. The van der Waals surface area contributed by atoms with Crippen LogP contribution in [0.1, 0.15) is 30.4 Å². The second-order valence-corrected chi connectivity index (χ2v) is 5.28. The predicted octanol–water partition coefficient (Wildman–Crippen LogP) is 2.42. The van der Waals surface area contributed by atoms with Gasteiger partial charge in [0, 0.05) is 19.6 Å². The molecular formula is C15H24N2. The van der Waals surface area contributed by atoms with E-state index < -0.39 is 0 Å². The summed E-state index contributed by atoms with van der Waals surface area (Å²) in [4.78, 5) is 2.47. The predicted molar refractivity (Wildman–Crippen MR) is 72.9 cm³/mol. The number of nitrogens with two attached hydrogens (primary N) is 1. The highest BCUT2D eigenvalue weighted by molar-refractivity contribution is 5.27. The van der Waals surface area contributed by atoms with Crippen molar-refractivity contribution in [1.82, 2.24) is 4.90 Å². The molecule has 1 aromatic rings. The van der Waals surface area contributed by atoms with Crippen LogP contribution in [-0.2, 0) is 13.0 Å². The van der Waals surface area contributed by atoms with Crippen LogP contribution in [0.3, 0.4) is 0 Å². The van der Waals surface area contributed by atoms with Gasteiger partial charge < -0.3 is 10.6 Å². The maximum absolute atomic E-state index is 5.75. The Balaban J connectivity index is 1.79. The monoisotopic (exact) mass is 232 g/mol. The summed E-state index contributed by atoms with van der Waals surface area (Å²) >= 11 is 0. The Morgan fingerprint density at radius 3 is 2.53 bits per heavy atom. The van der Waals surface area contributed by atoms with E-state index in [-0.39, 0.29) is 0 Å². The minimum Gasteiger partial charge on any atom is -0.326 e. The Kier molecular flexibility index (Phi) is 4.57. The molecule has 17 heavy (non-hydrogen) atoms. The first kappa shape index (κ1) is 12.6. The topological polar surface area (TPSA) is 29.3 Å². The van der Waals surface area contributed by atoms with Crippen LogP contribution in [0.4, 0.5) is 0 Å². The van der Waals surface area contributed by atoms with E-state index >= 15 is 0 Å². The van der Waals surface area contributed by atoms with Gasteiger partial charge in [0.1, 0.15) is 0 Å². The molecule has 0 unspecified atom stereocenters. The first-order valence-corrected chi connectivity index (χ1v) is 6.75. The molecule has 1 fully saturated rings. The zero-order valence-electron chi connectivity index (χ0n) is 10.9. The normalized spacial score (nSPS) is 16.2. The molecule has 1 aliphatic carbocycles.